The number of phenols is 1. The third-order valence-electron chi connectivity index (χ3n) is 4.41. The Hall–Kier alpha value is -1.88. The standard InChI is InChI=1S/C18H25NO4/c1-10(2)15(19)16(21)11-5-6-14(13(20)7-11)23-17(22)12-8-18(3,4)9-12/h5-7,10,12,15,20H,8-9,19H2,1-4H3. The zero-order chi connectivity index (χ0) is 17.4. The van der Waals surface area contributed by atoms with E-state index in [1.807, 2.05) is 13.8 Å². The van der Waals surface area contributed by atoms with Crippen LogP contribution in [0.25, 0.3) is 0 Å². The average molecular weight is 319 g/mol. The highest BCUT2D eigenvalue weighted by Gasteiger charge is 2.41. The van der Waals surface area contributed by atoms with Gasteiger partial charge in [-0.3, -0.25) is 9.59 Å². The van der Waals surface area contributed by atoms with Gasteiger partial charge in [0.25, 0.3) is 0 Å². The molecule has 1 saturated carbocycles. The molecule has 1 aromatic carbocycles. The predicted octanol–water partition coefficient (Wildman–Crippen LogP) is 2.90. The summed E-state index contributed by atoms with van der Waals surface area (Å²) in [5.41, 5.74) is 6.32. The van der Waals surface area contributed by atoms with Crippen molar-refractivity contribution in [2.45, 2.75) is 46.6 Å². The minimum atomic E-state index is -0.625. The number of benzene rings is 1. The van der Waals surface area contributed by atoms with Gasteiger partial charge in [-0.05, 0) is 42.4 Å². The number of hydrogen-bond donors (Lipinski definition) is 2. The van der Waals surface area contributed by atoms with Crippen LogP contribution in [-0.4, -0.2) is 22.9 Å². The van der Waals surface area contributed by atoms with Crippen molar-refractivity contribution in [3.05, 3.63) is 23.8 Å². The molecule has 126 valence electrons. The largest absolute Gasteiger partial charge is 0.504 e. The van der Waals surface area contributed by atoms with Crippen molar-refractivity contribution in [1.82, 2.24) is 0 Å². The van der Waals surface area contributed by atoms with Gasteiger partial charge in [0.05, 0.1) is 12.0 Å². The maximum absolute atomic E-state index is 12.2. The first-order valence-electron chi connectivity index (χ1n) is 7.95. The van der Waals surface area contributed by atoms with Crippen LogP contribution in [0.2, 0.25) is 0 Å². The molecule has 1 fully saturated rings. The molecule has 0 saturated heterocycles. The number of hydrogen-bond acceptors (Lipinski definition) is 5. The fraction of sp³-hybridized carbons (Fsp3) is 0.556. The summed E-state index contributed by atoms with van der Waals surface area (Å²) in [6, 6.07) is 3.65. The summed E-state index contributed by atoms with van der Waals surface area (Å²) in [6.45, 7) is 7.93. The van der Waals surface area contributed by atoms with Crippen LogP contribution in [-0.2, 0) is 4.79 Å². The maximum Gasteiger partial charge on any atom is 0.314 e. The molecule has 0 amide bonds. The lowest BCUT2D eigenvalue weighted by atomic mass is 9.64. The summed E-state index contributed by atoms with van der Waals surface area (Å²) in [4.78, 5) is 24.2. The van der Waals surface area contributed by atoms with E-state index in [9.17, 15) is 14.7 Å². The normalized spacial score (nSPS) is 18.3. The molecule has 0 heterocycles. The van der Waals surface area contributed by atoms with Crippen LogP contribution in [0.15, 0.2) is 18.2 Å². The van der Waals surface area contributed by atoms with Gasteiger partial charge < -0.3 is 15.6 Å². The van der Waals surface area contributed by atoms with Gasteiger partial charge in [0.2, 0.25) is 0 Å². The molecule has 5 heteroatoms. The number of esters is 1. The number of phenolic OH excluding ortho intramolecular Hbond substituents is 1. The molecule has 1 atom stereocenters. The van der Waals surface area contributed by atoms with Gasteiger partial charge in [-0.1, -0.05) is 27.7 Å². The lowest BCUT2D eigenvalue weighted by Gasteiger charge is -2.40. The second-order valence-electron chi connectivity index (χ2n) is 7.51. The van der Waals surface area contributed by atoms with E-state index in [0.29, 0.717) is 5.56 Å². The topological polar surface area (TPSA) is 89.6 Å². The van der Waals surface area contributed by atoms with Gasteiger partial charge in [0, 0.05) is 5.56 Å². The van der Waals surface area contributed by atoms with Gasteiger partial charge in [-0.25, -0.2) is 0 Å². The summed E-state index contributed by atoms with van der Waals surface area (Å²) >= 11 is 0. The van der Waals surface area contributed by atoms with Crippen molar-refractivity contribution in [3.8, 4) is 11.5 Å². The molecular formula is C18H25NO4. The monoisotopic (exact) mass is 319 g/mol. The van der Waals surface area contributed by atoms with Crippen molar-refractivity contribution in [1.29, 1.82) is 0 Å². The SMILES string of the molecule is CC(C)C(N)C(=O)c1ccc(OC(=O)C2CC(C)(C)C2)c(O)c1. The van der Waals surface area contributed by atoms with E-state index in [4.69, 9.17) is 10.5 Å². The van der Waals surface area contributed by atoms with Crippen LogP contribution in [0.3, 0.4) is 0 Å². The Labute approximate surface area is 136 Å². The molecule has 0 spiro atoms. The Balaban J connectivity index is 2.05. The van der Waals surface area contributed by atoms with E-state index >= 15 is 0 Å². The Bertz CT molecular complexity index is 613. The van der Waals surface area contributed by atoms with E-state index in [1.54, 1.807) is 0 Å². The van der Waals surface area contributed by atoms with Gasteiger partial charge >= 0.3 is 5.97 Å². The van der Waals surface area contributed by atoms with Crippen molar-refractivity contribution in [3.63, 3.8) is 0 Å². The summed E-state index contributed by atoms with van der Waals surface area (Å²) in [7, 11) is 0. The van der Waals surface area contributed by atoms with E-state index in [2.05, 4.69) is 13.8 Å². The maximum atomic E-state index is 12.2. The Kier molecular flexibility index (Phi) is 4.80. The molecule has 5 nitrogen and oxygen atoms in total. The third kappa shape index (κ3) is 3.91. The molecular weight excluding hydrogens is 294 g/mol. The highest BCUT2D eigenvalue weighted by Crippen LogP contribution is 2.45. The fourth-order valence-electron chi connectivity index (χ4n) is 2.88. The summed E-state index contributed by atoms with van der Waals surface area (Å²) in [5, 5.41) is 10.0. The minimum absolute atomic E-state index is 0.00381. The second-order valence-corrected chi connectivity index (χ2v) is 7.51. The molecule has 1 aliphatic carbocycles. The molecule has 23 heavy (non-hydrogen) atoms. The minimum Gasteiger partial charge on any atom is -0.504 e. The first-order chi connectivity index (χ1) is 10.6. The number of Topliss-reactive ketones (excluding diaryl/α,β-unsaturated/α-hetero) is 1. The summed E-state index contributed by atoms with van der Waals surface area (Å²) in [6.07, 6.45) is 1.57. The number of carbonyl (C=O) groups excluding carboxylic acids is 2. The van der Waals surface area contributed by atoms with Crippen molar-refractivity contribution in [2.24, 2.45) is 23.0 Å². The van der Waals surface area contributed by atoms with E-state index in [0.717, 1.165) is 12.8 Å². The first kappa shape index (κ1) is 17.5. The van der Waals surface area contributed by atoms with Crippen LogP contribution < -0.4 is 10.5 Å². The van der Waals surface area contributed by atoms with Gasteiger partial charge in [0.1, 0.15) is 0 Å². The lowest BCUT2D eigenvalue weighted by molar-refractivity contribution is -0.146. The van der Waals surface area contributed by atoms with Gasteiger partial charge in [0.15, 0.2) is 17.3 Å². The molecule has 1 aromatic rings. The molecule has 0 radical (unpaired) electrons. The Morgan fingerprint density at radius 1 is 1.30 bits per heavy atom. The number of rotatable bonds is 5. The number of aromatic hydroxyl groups is 1. The van der Waals surface area contributed by atoms with Gasteiger partial charge in [-0.2, -0.15) is 0 Å². The highest BCUT2D eigenvalue weighted by molar-refractivity contribution is 6.00. The number of nitrogens with two attached hydrogens (primary N) is 1. The predicted molar refractivity (Wildman–Crippen MR) is 87.4 cm³/mol. The zero-order valence-electron chi connectivity index (χ0n) is 14.1. The van der Waals surface area contributed by atoms with Crippen molar-refractivity contribution in [2.75, 3.05) is 0 Å². The average Bonchev–Trinajstić information content (AvgIpc) is 2.44. The lowest BCUT2D eigenvalue weighted by Crippen LogP contribution is -2.38. The van der Waals surface area contributed by atoms with E-state index < -0.39 is 6.04 Å². The molecule has 0 aromatic heterocycles. The van der Waals surface area contributed by atoms with Crippen LogP contribution in [0.1, 0.15) is 50.9 Å². The quantitative estimate of drug-likeness (QED) is 0.495. The second kappa shape index (κ2) is 6.32. The van der Waals surface area contributed by atoms with Crippen molar-refractivity contribution < 1.29 is 19.4 Å². The van der Waals surface area contributed by atoms with E-state index in [-0.39, 0.29) is 40.5 Å². The first-order valence-corrected chi connectivity index (χ1v) is 7.95. The summed E-state index contributed by atoms with van der Waals surface area (Å²) in [5.74, 6) is -0.844. The Morgan fingerprint density at radius 2 is 1.91 bits per heavy atom. The van der Waals surface area contributed by atoms with Crippen LogP contribution in [0.5, 0.6) is 11.5 Å². The smallest absolute Gasteiger partial charge is 0.314 e. The van der Waals surface area contributed by atoms with Crippen LogP contribution in [0, 0.1) is 17.3 Å². The number of ketones is 1. The van der Waals surface area contributed by atoms with E-state index in [1.165, 1.54) is 18.2 Å². The molecule has 1 unspecified atom stereocenters. The number of carbonyl (C=O) groups is 2. The van der Waals surface area contributed by atoms with Gasteiger partial charge in [-0.15, -0.1) is 0 Å². The Morgan fingerprint density at radius 3 is 2.39 bits per heavy atom. The molecule has 2 rings (SSSR count). The molecule has 0 bridgehead atoms. The third-order valence-corrected chi connectivity index (χ3v) is 4.41. The van der Waals surface area contributed by atoms with Crippen LogP contribution >= 0.6 is 0 Å². The van der Waals surface area contributed by atoms with Crippen molar-refractivity contribution >= 4 is 11.8 Å². The summed E-state index contributed by atoms with van der Waals surface area (Å²) < 4.78 is 5.25. The van der Waals surface area contributed by atoms with Crippen LogP contribution in [0.4, 0.5) is 0 Å². The number of ether oxygens (including phenoxy) is 1. The zero-order valence-corrected chi connectivity index (χ0v) is 14.1. The fourth-order valence-corrected chi connectivity index (χ4v) is 2.88. The molecule has 0 aliphatic heterocycles. The molecule has 3 N–H and O–H groups in total. The molecule has 1 aliphatic rings. The highest BCUT2D eigenvalue weighted by atomic mass is 16.5.